The van der Waals surface area contributed by atoms with Crippen LogP contribution in [0.2, 0.25) is 5.02 Å². The predicted octanol–water partition coefficient (Wildman–Crippen LogP) is -1.31. The number of hydrogen-bond donors (Lipinski definition) is 1. The quantitative estimate of drug-likeness (QED) is 0.313. The molecule has 0 aliphatic heterocycles. The van der Waals surface area contributed by atoms with Gasteiger partial charge in [0, 0.05) is 34.9 Å². The van der Waals surface area contributed by atoms with Crippen LogP contribution in [0.5, 0.6) is 0 Å². The van der Waals surface area contributed by atoms with E-state index < -0.39 is 4.92 Å². The van der Waals surface area contributed by atoms with Crippen LogP contribution in [0.1, 0.15) is 5.56 Å². The number of pyridine rings is 1. The standard InChI is InChI=1S/C14H11ClN4O3.ClH/c15-13-5-4-12(19(21)22)8-11(13)9-16-17-14(20)10-18-6-2-1-3-7-18;/h1-9H,10H2;1H/b16-9-;. The van der Waals surface area contributed by atoms with E-state index in [1.54, 1.807) is 29.1 Å². The van der Waals surface area contributed by atoms with E-state index in [1.807, 2.05) is 6.07 Å². The Bertz CT molecular complexity index is 723. The lowest BCUT2D eigenvalue weighted by Crippen LogP contribution is -3.00. The normalized spacial score (nSPS) is 10.1. The highest BCUT2D eigenvalue weighted by Gasteiger charge is 2.09. The summed E-state index contributed by atoms with van der Waals surface area (Å²) in [5.41, 5.74) is 2.59. The molecule has 1 aromatic carbocycles. The second kappa shape index (κ2) is 8.82. The summed E-state index contributed by atoms with van der Waals surface area (Å²) in [6.07, 6.45) is 4.77. The first-order valence-electron chi connectivity index (χ1n) is 6.26. The van der Waals surface area contributed by atoms with E-state index in [4.69, 9.17) is 11.6 Å². The van der Waals surface area contributed by atoms with Crippen LogP contribution in [0.15, 0.2) is 53.9 Å². The summed E-state index contributed by atoms with van der Waals surface area (Å²) in [5.74, 6) is -0.325. The van der Waals surface area contributed by atoms with Crippen LogP contribution in [-0.4, -0.2) is 17.0 Å². The Morgan fingerprint density at radius 3 is 2.70 bits per heavy atom. The summed E-state index contributed by atoms with van der Waals surface area (Å²) in [6.45, 7) is 0.112. The summed E-state index contributed by atoms with van der Waals surface area (Å²) in [4.78, 5) is 21.8. The lowest BCUT2D eigenvalue weighted by molar-refractivity contribution is -0.684. The number of carbonyl (C=O) groups is 1. The molecule has 0 aliphatic carbocycles. The molecule has 0 unspecified atom stereocenters. The molecule has 0 atom stereocenters. The van der Waals surface area contributed by atoms with Gasteiger partial charge < -0.3 is 12.4 Å². The molecule has 1 amide bonds. The smallest absolute Gasteiger partial charge is 0.305 e. The predicted molar refractivity (Wildman–Crippen MR) is 80.5 cm³/mol. The zero-order valence-corrected chi connectivity index (χ0v) is 13.2. The molecular formula is C14H12Cl2N4O3. The molecule has 0 radical (unpaired) electrons. The van der Waals surface area contributed by atoms with E-state index in [0.29, 0.717) is 10.6 Å². The maximum atomic E-state index is 11.7. The average Bonchev–Trinajstić information content (AvgIpc) is 2.50. The van der Waals surface area contributed by atoms with Crippen LogP contribution in [0.25, 0.3) is 0 Å². The maximum Gasteiger partial charge on any atom is 0.305 e. The minimum absolute atomic E-state index is 0. The van der Waals surface area contributed by atoms with Gasteiger partial charge in [0.2, 0.25) is 6.54 Å². The first-order valence-corrected chi connectivity index (χ1v) is 6.64. The van der Waals surface area contributed by atoms with Crippen molar-refractivity contribution in [3.8, 4) is 0 Å². The van der Waals surface area contributed by atoms with Crippen LogP contribution in [0.3, 0.4) is 0 Å². The molecule has 7 nitrogen and oxygen atoms in total. The number of halogens is 2. The molecular weight excluding hydrogens is 343 g/mol. The van der Waals surface area contributed by atoms with Crippen molar-refractivity contribution in [1.82, 2.24) is 5.43 Å². The van der Waals surface area contributed by atoms with E-state index in [1.165, 1.54) is 24.4 Å². The summed E-state index contributed by atoms with van der Waals surface area (Å²) in [5, 5.41) is 14.8. The largest absolute Gasteiger partial charge is 1.00 e. The van der Waals surface area contributed by atoms with Crippen LogP contribution in [0, 0.1) is 10.1 Å². The number of nitro benzene ring substituents is 1. The van der Waals surface area contributed by atoms with Crippen molar-refractivity contribution in [3.63, 3.8) is 0 Å². The van der Waals surface area contributed by atoms with Gasteiger partial charge in [0.1, 0.15) is 0 Å². The highest BCUT2D eigenvalue weighted by atomic mass is 35.5. The van der Waals surface area contributed by atoms with Gasteiger partial charge in [-0.05, 0) is 6.07 Å². The zero-order chi connectivity index (χ0) is 15.9. The van der Waals surface area contributed by atoms with Gasteiger partial charge >= 0.3 is 5.91 Å². The molecule has 0 spiro atoms. The number of nitro groups is 1. The number of non-ortho nitro benzene ring substituents is 1. The Morgan fingerprint density at radius 1 is 1.35 bits per heavy atom. The summed E-state index contributed by atoms with van der Waals surface area (Å²) in [7, 11) is 0. The highest BCUT2D eigenvalue weighted by Crippen LogP contribution is 2.20. The number of nitrogens with zero attached hydrogens (tertiary/aromatic N) is 3. The fraction of sp³-hybridized carbons (Fsp3) is 0.0714. The molecule has 9 heteroatoms. The van der Waals surface area contributed by atoms with Gasteiger partial charge in [0.15, 0.2) is 12.4 Å². The van der Waals surface area contributed by atoms with Gasteiger partial charge in [-0.25, -0.2) is 5.43 Å². The topological polar surface area (TPSA) is 88.5 Å². The number of hydrazone groups is 1. The molecule has 1 heterocycles. The Hall–Kier alpha value is -2.51. The van der Waals surface area contributed by atoms with Crippen molar-refractivity contribution in [2.24, 2.45) is 5.10 Å². The Kier molecular flexibility index (Phi) is 7.11. The third-order valence-electron chi connectivity index (χ3n) is 2.69. The minimum Gasteiger partial charge on any atom is -1.00 e. The van der Waals surface area contributed by atoms with Crippen molar-refractivity contribution in [2.75, 3.05) is 0 Å². The Morgan fingerprint density at radius 2 is 2.04 bits per heavy atom. The number of amides is 1. The second-order valence-corrected chi connectivity index (χ2v) is 4.71. The molecule has 2 aromatic rings. The molecule has 2 rings (SSSR count). The van der Waals surface area contributed by atoms with Gasteiger partial charge in [0.25, 0.3) is 5.69 Å². The van der Waals surface area contributed by atoms with Crippen molar-refractivity contribution < 1.29 is 26.7 Å². The first-order chi connectivity index (χ1) is 10.6. The number of aromatic nitrogens is 1. The number of rotatable bonds is 5. The second-order valence-electron chi connectivity index (χ2n) is 4.30. The Labute approximate surface area is 143 Å². The third-order valence-corrected chi connectivity index (χ3v) is 3.03. The number of carbonyl (C=O) groups excluding carboxylic acids is 1. The van der Waals surface area contributed by atoms with Gasteiger partial charge in [-0.15, -0.1) is 0 Å². The van der Waals surface area contributed by atoms with Crippen LogP contribution in [-0.2, 0) is 11.3 Å². The third kappa shape index (κ3) is 5.65. The fourth-order valence-electron chi connectivity index (χ4n) is 1.66. The number of hydrogen-bond acceptors (Lipinski definition) is 4. The van der Waals surface area contributed by atoms with Crippen LogP contribution in [0.4, 0.5) is 5.69 Å². The van der Waals surface area contributed by atoms with Crippen molar-refractivity contribution in [1.29, 1.82) is 0 Å². The number of benzene rings is 1. The summed E-state index contributed by atoms with van der Waals surface area (Å²) < 4.78 is 1.69. The van der Waals surface area contributed by atoms with E-state index in [0.717, 1.165) is 0 Å². The summed E-state index contributed by atoms with van der Waals surface area (Å²) >= 11 is 5.92. The molecule has 1 aromatic heterocycles. The lowest BCUT2D eigenvalue weighted by Gasteiger charge is -1.99. The monoisotopic (exact) mass is 354 g/mol. The molecule has 23 heavy (non-hydrogen) atoms. The van der Waals surface area contributed by atoms with Gasteiger partial charge in [-0.2, -0.15) is 9.67 Å². The molecule has 0 saturated carbocycles. The first kappa shape index (κ1) is 18.5. The molecule has 1 N–H and O–H groups in total. The van der Waals surface area contributed by atoms with Crippen molar-refractivity contribution in [3.05, 3.63) is 69.5 Å². The van der Waals surface area contributed by atoms with E-state index in [2.05, 4.69) is 10.5 Å². The van der Waals surface area contributed by atoms with E-state index in [-0.39, 0.29) is 30.5 Å². The van der Waals surface area contributed by atoms with Crippen molar-refractivity contribution in [2.45, 2.75) is 6.54 Å². The molecule has 0 fully saturated rings. The number of nitrogens with one attached hydrogen (secondary N) is 1. The highest BCUT2D eigenvalue weighted by molar-refractivity contribution is 6.33. The Balaban J connectivity index is 0.00000264. The van der Waals surface area contributed by atoms with E-state index in [9.17, 15) is 14.9 Å². The fourth-order valence-corrected chi connectivity index (χ4v) is 1.82. The lowest BCUT2D eigenvalue weighted by atomic mass is 10.2. The SMILES string of the molecule is O=C(C[n+]1ccccc1)N/N=C\c1cc([N+](=O)[O-])ccc1Cl.[Cl-]. The molecule has 0 saturated heterocycles. The van der Waals surface area contributed by atoms with Gasteiger partial charge in [0.05, 0.1) is 11.1 Å². The minimum atomic E-state index is -0.529. The molecule has 0 bridgehead atoms. The van der Waals surface area contributed by atoms with Crippen LogP contribution >= 0.6 is 11.6 Å². The molecule has 0 aliphatic rings. The maximum absolute atomic E-state index is 11.7. The zero-order valence-electron chi connectivity index (χ0n) is 11.7. The van der Waals surface area contributed by atoms with E-state index >= 15 is 0 Å². The summed E-state index contributed by atoms with van der Waals surface area (Å²) in [6, 6.07) is 9.44. The van der Waals surface area contributed by atoms with Gasteiger partial charge in [-0.3, -0.25) is 14.9 Å². The van der Waals surface area contributed by atoms with Crippen LogP contribution < -0.4 is 22.4 Å². The average molecular weight is 355 g/mol. The van der Waals surface area contributed by atoms with Gasteiger partial charge in [-0.1, -0.05) is 17.7 Å². The van der Waals surface area contributed by atoms with Crippen molar-refractivity contribution >= 4 is 29.4 Å². The molecule has 120 valence electrons.